The highest BCUT2D eigenvalue weighted by Gasteiger charge is 2.32. The van der Waals surface area contributed by atoms with Crippen LogP contribution in [0.2, 0.25) is 0 Å². The lowest BCUT2D eigenvalue weighted by Gasteiger charge is -2.30. The fraction of sp³-hybridized carbons (Fsp3) is 0.474. The van der Waals surface area contributed by atoms with Crippen LogP contribution in [-0.4, -0.2) is 37.9 Å². The molecule has 0 N–H and O–H groups in total. The van der Waals surface area contributed by atoms with Crippen molar-refractivity contribution in [1.82, 2.24) is 4.90 Å². The Morgan fingerprint density at radius 2 is 2.08 bits per heavy atom. The molecule has 0 amide bonds. The summed E-state index contributed by atoms with van der Waals surface area (Å²) in [6.45, 7) is 4.55. The standard InChI is InChI=1S/C19H21NO3S/c1-2-17(24-9-1)14-5-7-20(11-14)10-13-6-8-21-18-15(13)3-4-16-19(18)23-12-22-16/h1-4,9,13-14H,5-8,10-12H2. The molecule has 3 aliphatic rings. The first kappa shape index (κ1) is 14.6. The molecular formula is C19H21NO3S. The molecule has 2 atom stereocenters. The van der Waals surface area contributed by atoms with Crippen molar-refractivity contribution in [1.29, 1.82) is 0 Å². The van der Waals surface area contributed by atoms with Gasteiger partial charge in [-0.15, -0.1) is 11.3 Å². The molecule has 0 aliphatic carbocycles. The van der Waals surface area contributed by atoms with Gasteiger partial charge in [-0.2, -0.15) is 0 Å². The Morgan fingerprint density at radius 3 is 3.00 bits per heavy atom. The highest BCUT2D eigenvalue weighted by Crippen LogP contribution is 2.48. The van der Waals surface area contributed by atoms with Crippen LogP contribution in [-0.2, 0) is 0 Å². The zero-order valence-corrected chi connectivity index (χ0v) is 14.4. The summed E-state index contributed by atoms with van der Waals surface area (Å²) in [6, 6.07) is 8.64. The molecule has 1 aromatic carbocycles. The Hall–Kier alpha value is -1.72. The van der Waals surface area contributed by atoms with E-state index in [2.05, 4.69) is 28.5 Å². The number of likely N-dealkylation sites (tertiary alicyclic amines) is 1. The van der Waals surface area contributed by atoms with Crippen molar-refractivity contribution in [2.45, 2.75) is 24.7 Å². The lowest BCUT2D eigenvalue weighted by molar-refractivity contribution is 0.166. The van der Waals surface area contributed by atoms with E-state index in [1.54, 1.807) is 0 Å². The average Bonchev–Trinajstić information content (AvgIpc) is 3.35. The molecule has 0 bridgehead atoms. The van der Waals surface area contributed by atoms with E-state index in [0.29, 0.717) is 18.6 Å². The Balaban J connectivity index is 1.33. The minimum absolute atomic E-state index is 0.300. The van der Waals surface area contributed by atoms with Crippen LogP contribution in [0.25, 0.3) is 0 Å². The second kappa shape index (κ2) is 5.97. The van der Waals surface area contributed by atoms with Gasteiger partial charge in [0.25, 0.3) is 0 Å². The van der Waals surface area contributed by atoms with Crippen LogP contribution in [0, 0.1) is 0 Å². The summed E-state index contributed by atoms with van der Waals surface area (Å²) in [5.74, 6) is 3.75. The monoisotopic (exact) mass is 343 g/mol. The molecule has 0 saturated carbocycles. The van der Waals surface area contributed by atoms with Crippen LogP contribution in [0.3, 0.4) is 0 Å². The van der Waals surface area contributed by atoms with Gasteiger partial charge in [-0.1, -0.05) is 12.1 Å². The molecule has 2 unspecified atom stereocenters. The quantitative estimate of drug-likeness (QED) is 0.847. The topological polar surface area (TPSA) is 30.9 Å². The minimum Gasteiger partial charge on any atom is -0.489 e. The van der Waals surface area contributed by atoms with Crippen LogP contribution < -0.4 is 14.2 Å². The van der Waals surface area contributed by atoms with E-state index < -0.39 is 0 Å². The van der Waals surface area contributed by atoms with Crippen molar-refractivity contribution in [2.24, 2.45) is 0 Å². The number of fused-ring (bicyclic) bond motifs is 3. The number of ether oxygens (including phenoxy) is 3. The van der Waals surface area contributed by atoms with E-state index in [1.807, 2.05) is 17.4 Å². The molecule has 2 aromatic rings. The Bertz CT molecular complexity index is 730. The van der Waals surface area contributed by atoms with Gasteiger partial charge < -0.3 is 19.1 Å². The van der Waals surface area contributed by atoms with Gasteiger partial charge in [0.05, 0.1) is 6.61 Å². The zero-order chi connectivity index (χ0) is 15.9. The minimum atomic E-state index is 0.300. The normalized spacial score (nSPS) is 25.5. The summed E-state index contributed by atoms with van der Waals surface area (Å²) >= 11 is 1.89. The maximum absolute atomic E-state index is 5.92. The van der Waals surface area contributed by atoms with Crippen molar-refractivity contribution < 1.29 is 14.2 Å². The first-order chi connectivity index (χ1) is 11.9. The summed E-state index contributed by atoms with van der Waals surface area (Å²) in [5, 5.41) is 2.19. The molecule has 4 nitrogen and oxygen atoms in total. The molecule has 1 aromatic heterocycles. The van der Waals surface area contributed by atoms with Gasteiger partial charge in [0.2, 0.25) is 12.5 Å². The maximum Gasteiger partial charge on any atom is 0.231 e. The predicted molar refractivity (Wildman–Crippen MR) is 93.5 cm³/mol. The van der Waals surface area contributed by atoms with E-state index >= 15 is 0 Å². The Morgan fingerprint density at radius 1 is 1.08 bits per heavy atom. The molecule has 1 fully saturated rings. The third-order valence-electron chi connectivity index (χ3n) is 5.37. The van der Waals surface area contributed by atoms with Crippen molar-refractivity contribution in [3.63, 3.8) is 0 Å². The highest BCUT2D eigenvalue weighted by atomic mass is 32.1. The smallest absolute Gasteiger partial charge is 0.231 e. The third-order valence-corrected chi connectivity index (χ3v) is 6.41. The average molecular weight is 343 g/mol. The van der Waals surface area contributed by atoms with E-state index in [1.165, 1.54) is 30.0 Å². The molecule has 1 saturated heterocycles. The van der Waals surface area contributed by atoms with Crippen LogP contribution in [0.15, 0.2) is 29.6 Å². The largest absolute Gasteiger partial charge is 0.489 e. The lowest BCUT2D eigenvalue weighted by atomic mass is 9.92. The van der Waals surface area contributed by atoms with Gasteiger partial charge >= 0.3 is 0 Å². The maximum atomic E-state index is 5.92. The van der Waals surface area contributed by atoms with Gasteiger partial charge in [-0.05, 0) is 36.9 Å². The van der Waals surface area contributed by atoms with Gasteiger partial charge in [-0.25, -0.2) is 0 Å². The lowest BCUT2D eigenvalue weighted by Crippen LogP contribution is -2.29. The van der Waals surface area contributed by atoms with Gasteiger partial charge in [0, 0.05) is 35.4 Å². The second-order valence-corrected chi connectivity index (χ2v) is 7.79. The van der Waals surface area contributed by atoms with Crippen molar-refractivity contribution in [3.8, 4) is 17.2 Å². The number of nitrogens with zero attached hydrogens (tertiary/aromatic N) is 1. The number of hydrogen-bond acceptors (Lipinski definition) is 5. The molecule has 0 radical (unpaired) electrons. The number of hydrogen-bond donors (Lipinski definition) is 0. The van der Waals surface area contributed by atoms with Crippen molar-refractivity contribution >= 4 is 11.3 Å². The first-order valence-corrected chi connectivity index (χ1v) is 9.57. The summed E-state index contributed by atoms with van der Waals surface area (Å²) in [5.41, 5.74) is 1.28. The number of rotatable bonds is 3. The molecular weight excluding hydrogens is 322 g/mol. The molecule has 24 heavy (non-hydrogen) atoms. The van der Waals surface area contributed by atoms with Gasteiger partial charge in [0.1, 0.15) is 0 Å². The molecule has 5 heteroatoms. The molecule has 5 rings (SSSR count). The zero-order valence-electron chi connectivity index (χ0n) is 13.6. The van der Waals surface area contributed by atoms with E-state index in [-0.39, 0.29) is 0 Å². The molecule has 0 spiro atoms. The second-order valence-electron chi connectivity index (χ2n) is 6.81. The molecule has 3 aliphatic heterocycles. The van der Waals surface area contributed by atoms with Crippen molar-refractivity contribution in [3.05, 3.63) is 40.1 Å². The summed E-state index contributed by atoms with van der Waals surface area (Å²) in [4.78, 5) is 4.16. The molecule has 4 heterocycles. The summed E-state index contributed by atoms with van der Waals surface area (Å²) in [7, 11) is 0. The Kier molecular flexibility index (Phi) is 3.64. The fourth-order valence-corrected chi connectivity index (χ4v) is 5.00. The summed E-state index contributed by atoms with van der Waals surface area (Å²) < 4.78 is 17.0. The first-order valence-electron chi connectivity index (χ1n) is 8.69. The highest BCUT2D eigenvalue weighted by molar-refractivity contribution is 7.10. The molecule has 126 valence electrons. The summed E-state index contributed by atoms with van der Waals surface area (Å²) in [6.07, 6.45) is 2.35. The van der Waals surface area contributed by atoms with E-state index in [0.717, 1.165) is 36.8 Å². The number of benzene rings is 1. The van der Waals surface area contributed by atoms with Crippen LogP contribution >= 0.6 is 11.3 Å². The Labute approximate surface area is 145 Å². The SMILES string of the molecule is c1csc(C2CCN(CC3CCOc4c3ccc3c4OCO3)C2)c1. The van der Waals surface area contributed by atoms with Crippen LogP contribution in [0.5, 0.6) is 17.2 Å². The van der Waals surface area contributed by atoms with Gasteiger partial charge in [-0.3, -0.25) is 0 Å². The van der Waals surface area contributed by atoms with E-state index in [4.69, 9.17) is 14.2 Å². The predicted octanol–water partition coefficient (Wildman–Crippen LogP) is 3.83. The van der Waals surface area contributed by atoms with Crippen molar-refractivity contribution in [2.75, 3.05) is 33.0 Å². The van der Waals surface area contributed by atoms with E-state index in [9.17, 15) is 0 Å². The van der Waals surface area contributed by atoms with Crippen LogP contribution in [0.4, 0.5) is 0 Å². The fourth-order valence-electron chi connectivity index (χ4n) is 4.15. The van der Waals surface area contributed by atoms with Gasteiger partial charge in [0.15, 0.2) is 11.5 Å². The number of thiophene rings is 1. The third kappa shape index (κ3) is 2.47. The van der Waals surface area contributed by atoms with Crippen LogP contribution in [0.1, 0.15) is 35.1 Å².